The Kier molecular flexibility index (Phi) is 5.95. The summed E-state index contributed by atoms with van der Waals surface area (Å²) in [5, 5.41) is 14.3. The normalized spacial score (nSPS) is 10.7. The number of aryl methyl sites for hydroxylation is 1. The minimum absolute atomic E-state index is 0.113. The number of thiophene rings is 1. The molecule has 0 atom stereocenters. The smallest absolute Gasteiger partial charge is 0.234 e. The summed E-state index contributed by atoms with van der Waals surface area (Å²) in [6, 6.07) is 9.44. The second-order valence-corrected chi connectivity index (χ2v) is 7.59. The molecule has 0 bridgehead atoms. The summed E-state index contributed by atoms with van der Waals surface area (Å²) in [5.41, 5.74) is 1.72. The average molecular weight is 389 g/mol. The standard InChI is InChI=1S/C18H20N4O2S2/c1-4-22-17(13-9-12(2)25-10-13)20-21-18(22)26-11-16(23)19-14-7-5-6-8-15(14)24-3/h5-10H,4,11H2,1-3H3,(H,19,23). The molecule has 1 amide bonds. The number of methoxy groups -OCH3 is 1. The molecule has 0 radical (unpaired) electrons. The Balaban J connectivity index is 1.68. The molecule has 0 spiro atoms. The summed E-state index contributed by atoms with van der Waals surface area (Å²) < 4.78 is 7.28. The fourth-order valence-corrected chi connectivity index (χ4v) is 4.00. The van der Waals surface area contributed by atoms with Crippen molar-refractivity contribution >= 4 is 34.7 Å². The van der Waals surface area contributed by atoms with Crippen LogP contribution in [-0.4, -0.2) is 33.5 Å². The van der Waals surface area contributed by atoms with E-state index >= 15 is 0 Å². The van der Waals surface area contributed by atoms with E-state index in [2.05, 4.69) is 33.9 Å². The molecular weight excluding hydrogens is 368 g/mol. The predicted molar refractivity (Wildman–Crippen MR) is 106 cm³/mol. The number of amides is 1. The van der Waals surface area contributed by atoms with Crippen LogP contribution >= 0.6 is 23.1 Å². The lowest BCUT2D eigenvalue weighted by Crippen LogP contribution is -2.15. The third-order valence-electron chi connectivity index (χ3n) is 3.74. The zero-order valence-electron chi connectivity index (χ0n) is 14.9. The second-order valence-electron chi connectivity index (χ2n) is 5.53. The van der Waals surface area contributed by atoms with Crippen LogP contribution < -0.4 is 10.1 Å². The molecule has 1 aromatic carbocycles. The van der Waals surface area contributed by atoms with Gasteiger partial charge >= 0.3 is 0 Å². The molecule has 2 aromatic heterocycles. The van der Waals surface area contributed by atoms with Crippen LogP contribution in [0.2, 0.25) is 0 Å². The van der Waals surface area contributed by atoms with Crippen molar-refractivity contribution in [2.45, 2.75) is 25.5 Å². The van der Waals surface area contributed by atoms with Crippen LogP contribution in [-0.2, 0) is 11.3 Å². The van der Waals surface area contributed by atoms with Gasteiger partial charge in [-0.3, -0.25) is 4.79 Å². The highest BCUT2D eigenvalue weighted by atomic mass is 32.2. The molecule has 0 saturated carbocycles. The number of para-hydroxylation sites is 2. The first-order chi connectivity index (χ1) is 12.6. The predicted octanol–water partition coefficient (Wildman–Crippen LogP) is 4.07. The number of benzene rings is 1. The van der Waals surface area contributed by atoms with Gasteiger partial charge in [0.2, 0.25) is 5.91 Å². The monoisotopic (exact) mass is 388 g/mol. The molecule has 1 N–H and O–H groups in total. The summed E-state index contributed by atoms with van der Waals surface area (Å²) in [4.78, 5) is 13.5. The second kappa shape index (κ2) is 8.37. The van der Waals surface area contributed by atoms with E-state index in [0.29, 0.717) is 11.4 Å². The first-order valence-electron chi connectivity index (χ1n) is 8.16. The van der Waals surface area contributed by atoms with Gasteiger partial charge in [-0.15, -0.1) is 21.5 Å². The lowest BCUT2D eigenvalue weighted by Gasteiger charge is -2.10. The maximum atomic E-state index is 12.3. The molecule has 0 saturated heterocycles. The zero-order chi connectivity index (χ0) is 18.5. The molecule has 6 nitrogen and oxygen atoms in total. The SMILES string of the molecule is CCn1c(SCC(=O)Nc2ccccc2OC)nnc1-c1csc(C)c1. The first kappa shape index (κ1) is 18.5. The van der Waals surface area contributed by atoms with E-state index in [-0.39, 0.29) is 11.7 Å². The van der Waals surface area contributed by atoms with Crippen molar-refractivity contribution in [2.75, 3.05) is 18.2 Å². The van der Waals surface area contributed by atoms with Gasteiger partial charge in [0.25, 0.3) is 0 Å². The highest BCUT2D eigenvalue weighted by Gasteiger charge is 2.16. The molecule has 0 aliphatic rings. The van der Waals surface area contributed by atoms with Gasteiger partial charge < -0.3 is 14.6 Å². The quantitative estimate of drug-likeness (QED) is 0.618. The number of nitrogens with zero attached hydrogens (tertiary/aromatic N) is 3. The number of anilines is 1. The zero-order valence-corrected chi connectivity index (χ0v) is 16.5. The Hall–Kier alpha value is -2.32. The molecule has 8 heteroatoms. The Labute approximate surface area is 160 Å². The van der Waals surface area contributed by atoms with Crippen LogP contribution in [0.1, 0.15) is 11.8 Å². The summed E-state index contributed by atoms with van der Waals surface area (Å²) in [6.07, 6.45) is 0. The van der Waals surface area contributed by atoms with E-state index in [9.17, 15) is 4.79 Å². The van der Waals surface area contributed by atoms with Crippen LogP contribution in [0, 0.1) is 6.92 Å². The van der Waals surface area contributed by atoms with Crippen molar-refractivity contribution < 1.29 is 9.53 Å². The van der Waals surface area contributed by atoms with E-state index in [1.165, 1.54) is 16.6 Å². The molecule has 26 heavy (non-hydrogen) atoms. The molecule has 0 aliphatic heterocycles. The third-order valence-corrected chi connectivity index (χ3v) is 5.56. The number of carbonyl (C=O) groups excluding carboxylic acids is 1. The number of carbonyl (C=O) groups is 1. The maximum absolute atomic E-state index is 12.3. The molecular formula is C18H20N4O2S2. The van der Waals surface area contributed by atoms with Crippen molar-refractivity contribution in [1.82, 2.24) is 14.8 Å². The van der Waals surface area contributed by atoms with Crippen LogP contribution in [0.3, 0.4) is 0 Å². The van der Waals surface area contributed by atoms with E-state index in [1.807, 2.05) is 35.8 Å². The van der Waals surface area contributed by atoms with Crippen LogP contribution in [0.4, 0.5) is 5.69 Å². The highest BCUT2D eigenvalue weighted by molar-refractivity contribution is 7.99. The van der Waals surface area contributed by atoms with Crippen LogP contribution in [0.25, 0.3) is 11.4 Å². The number of ether oxygens (including phenoxy) is 1. The number of aromatic nitrogens is 3. The molecule has 0 unspecified atom stereocenters. The molecule has 2 heterocycles. The Morgan fingerprint density at radius 3 is 2.85 bits per heavy atom. The van der Waals surface area contributed by atoms with Gasteiger partial charge in [-0.1, -0.05) is 23.9 Å². The third kappa shape index (κ3) is 4.08. The first-order valence-corrected chi connectivity index (χ1v) is 10.0. The summed E-state index contributed by atoms with van der Waals surface area (Å²) in [6.45, 7) is 4.86. The van der Waals surface area contributed by atoms with E-state index in [4.69, 9.17) is 4.74 Å². The molecule has 3 aromatic rings. The van der Waals surface area contributed by atoms with E-state index in [0.717, 1.165) is 23.1 Å². The number of hydrogen-bond acceptors (Lipinski definition) is 6. The largest absolute Gasteiger partial charge is 0.495 e. The Bertz CT molecular complexity index is 904. The van der Waals surface area contributed by atoms with Gasteiger partial charge in [0.1, 0.15) is 5.75 Å². The molecule has 3 rings (SSSR count). The van der Waals surface area contributed by atoms with Gasteiger partial charge in [-0.05, 0) is 32.0 Å². The van der Waals surface area contributed by atoms with Gasteiger partial charge in [0.15, 0.2) is 11.0 Å². The topological polar surface area (TPSA) is 69.0 Å². The number of rotatable bonds is 7. The Morgan fingerprint density at radius 2 is 2.15 bits per heavy atom. The van der Waals surface area contributed by atoms with Crippen molar-refractivity contribution in [2.24, 2.45) is 0 Å². The number of hydrogen-bond donors (Lipinski definition) is 1. The van der Waals surface area contributed by atoms with Gasteiger partial charge in [-0.2, -0.15) is 0 Å². The number of thioether (sulfide) groups is 1. The summed E-state index contributed by atoms with van der Waals surface area (Å²) >= 11 is 3.06. The van der Waals surface area contributed by atoms with Crippen LogP contribution in [0.5, 0.6) is 5.75 Å². The fraction of sp³-hybridized carbons (Fsp3) is 0.278. The summed E-state index contributed by atoms with van der Waals surface area (Å²) in [5.74, 6) is 1.61. The van der Waals surface area contributed by atoms with Crippen molar-refractivity contribution in [1.29, 1.82) is 0 Å². The van der Waals surface area contributed by atoms with E-state index < -0.39 is 0 Å². The van der Waals surface area contributed by atoms with Gasteiger partial charge in [0, 0.05) is 22.4 Å². The molecule has 136 valence electrons. The van der Waals surface area contributed by atoms with Crippen molar-refractivity contribution in [3.8, 4) is 17.1 Å². The fourth-order valence-electron chi connectivity index (χ4n) is 2.52. The highest BCUT2D eigenvalue weighted by Crippen LogP contribution is 2.28. The molecule has 0 fully saturated rings. The molecule has 0 aliphatic carbocycles. The average Bonchev–Trinajstić information content (AvgIpc) is 3.25. The van der Waals surface area contributed by atoms with Gasteiger partial charge in [0.05, 0.1) is 18.6 Å². The minimum Gasteiger partial charge on any atom is -0.495 e. The Morgan fingerprint density at radius 1 is 1.35 bits per heavy atom. The lowest BCUT2D eigenvalue weighted by atomic mass is 10.3. The van der Waals surface area contributed by atoms with Crippen molar-refractivity contribution in [3.63, 3.8) is 0 Å². The van der Waals surface area contributed by atoms with Crippen LogP contribution in [0.15, 0.2) is 40.9 Å². The summed E-state index contributed by atoms with van der Waals surface area (Å²) in [7, 11) is 1.58. The maximum Gasteiger partial charge on any atom is 0.234 e. The lowest BCUT2D eigenvalue weighted by molar-refractivity contribution is -0.113. The number of nitrogens with one attached hydrogen (secondary N) is 1. The van der Waals surface area contributed by atoms with Crippen molar-refractivity contribution in [3.05, 3.63) is 40.6 Å². The minimum atomic E-state index is -0.113. The van der Waals surface area contributed by atoms with E-state index in [1.54, 1.807) is 18.4 Å². The van der Waals surface area contributed by atoms with Gasteiger partial charge in [-0.25, -0.2) is 0 Å².